The van der Waals surface area contributed by atoms with E-state index in [1.165, 1.54) is 12.4 Å². The first-order chi connectivity index (χ1) is 12.7. The molecule has 0 radical (unpaired) electrons. The number of nitrogens with zero attached hydrogens (tertiary/aromatic N) is 1. The van der Waals surface area contributed by atoms with Gasteiger partial charge in [0.2, 0.25) is 0 Å². The second-order valence-electron chi connectivity index (χ2n) is 5.05. The molecule has 0 saturated carbocycles. The number of rotatable bonds is 9. The minimum Gasteiger partial charge on any atom is -0.486 e. The average molecular weight is 351 g/mol. The fraction of sp³-hybridized carbons (Fsp3) is 0.158. The van der Waals surface area contributed by atoms with E-state index >= 15 is 0 Å². The highest BCUT2D eigenvalue weighted by molar-refractivity contribution is 5.90. The number of ether oxygens (including phenoxy) is 3. The van der Waals surface area contributed by atoms with Crippen LogP contribution in [0.25, 0.3) is 0 Å². The van der Waals surface area contributed by atoms with E-state index < -0.39 is 5.97 Å². The van der Waals surface area contributed by atoms with E-state index in [4.69, 9.17) is 30.3 Å². The van der Waals surface area contributed by atoms with Crippen LogP contribution in [0.4, 0.5) is 0 Å². The molecule has 0 atom stereocenters. The van der Waals surface area contributed by atoms with Gasteiger partial charge in [0.15, 0.2) is 18.1 Å². The molecule has 132 valence electrons. The standard InChI is InChI=1S/C19H17N3O4/c20-7-8-24-17-6-3-15(13-22)11-18(17)25-9-10-26-19(23)16-4-1-14(12-21)2-5-16/h1-6,11-13,21-22H,8-10H2. The number of esters is 1. The molecule has 0 saturated heterocycles. The van der Waals surface area contributed by atoms with E-state index in [-0.39, 0.29) is 19.8 Å². The van der Waals surface area contributed by atoms with Gasteiger partial charge in [0.25, 0.3) is 0 Å². The van der Waals surface area contributed by atoms with Crippen molar-refractivity contribution in [1.29, 1.82) is 16.1 Å². The molecule has 2 N–H and O–H groups in total. The summed E-state index contributed by atoms with van der Waals surface area (Å²) in [7, 11) is 0. The Morgan fingerprint density at radius 2 is 1.65 bits per heavy atom. The van der Waals surface area contributed by atoms with E-state index in [0.29, 0.717) is 28.2 Å². The summed E-state index contributed by atoms with van der Waals surface area (Å²) < 4.78 is 16.0. The van der Waals surface area contributed by atoms with Crippen LogP contribution in [-0.4, -0.2) is 38.2 Å². The maximum atomic E-state index is 11.9. The fourth-order valence-electron chi connectivity index (χ4n) is 2.04. The molecular weight excluding hydrogens is 334 g/mol. The molecule has 7 nitrogen and oxygen atoms in total. The predicted molar refractivity (Wildman–Crippen MR) is 95.5 cm³/mol. The largest absolute Gasteiger partial charge is 0.486 e. The van der Waals surface area contributed by atoms with Gasteiger partial charge < -0.3 is 25.0 Å². The van der Waals surface area contributed by atoms with Crippen molar-refractivity contribution in [1.82, 2.24) is 0 Å². The number of hydrogen-bond donors (Lipinski definition) is 2. The highest BCUT2D eigenvalue weighted by Crippen LogP contribution is 2.28. The van der Waals surface area contributed by atoms with Crippen molar-refractivity contribution in [2.24, 2.45) is 0 Å². The maximum absolute atomic E-state index is 11.9. The SMILES string of the molecule is N#CCOc1ccc(C=N)cc1OCCOC(=O)c1ccc(C=N)cc1. The Balaban J connectivity index is 1.90. The molecule has 0 aromatic heterocycles. The van der Waals surface area contributed by atoms with Gasteiger partial charge in [-0.2, -0.15) is 5.26 Å². The van der Waals surface area contributed by atoms with E-state index in [0.717, 1.165) is 0 Å². The third-order valence-corrected chi connectivity index (χ3v) is 3.31. The van der Waals surface area contributed by atoms with Crippen LogP contribution < -0.4 is 9.47 Å². The van der Waals surface area contributed by atoms with Crippen molar-refractivity contribution in [3.8, 4) is 17.6 Å². The molecule has 0 aliphatic heterocycles. The third-order valence-electron chi connectivity index (χ3n) is 3.31. The minimum atomic E-state index is -0.487. The van der Waals surface area contributed by atoms with E-state index in [1.54, 1.807) is 42.5 Å². The normalized spacial score (nSPS) is 9.65. The molecule has 2 aromatic rings. The highest BCUT2D eigenvalue weighted by Gasteiger charge is 2.09. The van der Waals surface area contributed by atoms with Gasteiger partial charge in [0.1, 0.15) is 19.3 Å². The fourth-order valence-corrected chi connectivity index (χ4v) is 2.04. The van der Waals surface area contributed by atoms with Gasteiger partial charge in [-0.3, -0.25) is 0 Å². The highest BCUT2D eigenvalue weighted by atomic mass is 16.6. The Labute approximate surface area is 150 Å². The summed E-state index contributed by atoms with van der Waals surface area (Å²) in [6.07, 6.45) is 2.36. The molecule has 0 heterocycles. The summed E-state index contributed by atoms with van der Waals surface area (Å²) in [5.74, 6) is 0.262. The Hall–Kier alpha value is -3.66. The van der Waals surface area contributed by atoms with Crippen molar-refractivity contribution in [2.45, 2.75) is 0 Å². The lowest BCUT2D eigenvalue weighted by atomic mass is 10.1. The van der Waals surface area contributed by atoms with Gasteiger partial charge in [-0.1, -0.05) is 12.1 Å². The molecule has 0 spiro atoms. The number of carbonyl (C=O) groups excluding carboxylic acids is 1. The van der Waals surface area contributed by atoms with Gasteiger partial charge >= 0.3 is 5.97 Å². The molecular formula is C19H17N3O4. The minimum absolute atomic E-state index is 0.0255. The van der Waals surface area contributed by atoms with Crippen LogP contribution >= 0.6 is 0 Å². The quantitative estimate of drug-likeness (QED) is 0.409. The summed E-state index contributed by atoms with van der Waals surface area (Å²) >= 11 is 0. The monoisotopic (exact) mass is 351 g/mol. The summed E-state index contributed by atoms with van der Waals surface area (Å²) in [5, 5.41) is 23.0. The topological polar surface area (TPSA) is 116 Å². The molecule has 0 fully saturated rings. The number of nitriles is 1. The van der Waals surface area contributed by atoms with Gasteiger partial charge in [0.05, 0.1) is 5.56 Å². The lowest BCUT2D eigenvalue weighted by molar-refractivity contribution is 0.0449. The van der Waals surface area contributed by atoms with Crippen molar-refractivity contribution >= 4 is 18.4 Å². The molecule has 2 rings (SSSR count). The zero-order valence-corrected chi connectivity index (χ0v) is 13.9. The van der Waals surface area contributed by atoms with Crippen LogP contribution in [0.15, 0.2) is 42.5 Å². The number of nitrogens with one attached hydrogen (secondary N) is 2. The van der Waals surface area contributed by atoms with Crippen LogP contribution in [0.3, 0.4) is 0 Å². The summed E-state index contributed by atoms with van der Waals surface area (Å²) in [6.45, 7) is -0.00657. The van der Waals surface area contributed by atoms with Gasteiger partial charge in [-0.15, -0.1) is 0 Å². The van der Waals surface area contributed by atoms with Crippen molar-refractivity contribution in [3.05, 3.63) is 59.2 Å². The summed E-state index contributed by atoms with van der Waals surface area (Å²) in [6, 6.07) is 13.3. The van der Waals surface area contributed by atoms with Crippen molar-refractivity contribution in [3.63, 3.8) is 0 Å². The van der Waals surface area contributed by atoms with E-state index in [1.807, 2.05) is 6.07 Å². The zero-order chi connectivity index (χ0) is 18.8. The number of carbonyl (C=O) groups is 1. The molecule has 0 bridgehead atoms. The molecule has 0 amide bonds. The zero-order valence-electron chi connectivity index (χ0n) is 13.9. The smallest absolute Gasteiger partial charge is 0.338 e. The molecule has 26 heavy (non-hydrogen) atoms. The van der Waals surface area contributed by atoms with E-state index in [2.05, 4.69) is 0 Å². The molecule has 0 aliphatic rings. The third kappa shape index (κ3) is 5.18. The first-order valence-corrected chi connectivity index (χ1v) is 7.72. The van der Waals surface area contributed by atoms with Crippen molar-refractivity contribution < 1.29 is 19.0 Å². The van der Waals surface area contributed by atoms with Crippen LogP contribution in [-0.2, 0) is 4.74 Å². The number of hydrogen-bond acceptors (Lipinski definition) is 7. The van der Waals surface area contributed by atoms with Crippen LogP contribution in [0.1, 0.15) is 21.5 Å². The second-order valence-corrected chi connectivity index (χ2v) is 5.05. The van der Waals surface area contributed by atoms with Crippen molar-refractivity contribution in [2.75, 3.05) is 19.8 Å². The predicted octanol–water partition coefficient (Wildman–Crippen LogP) is 2.82. The summed E-state index contributed by atoms with van der Waals surface area (Å²) in [5.41, 5.74) is 1.70. The Bertz CT molecular complexity index is 826. The first-order valence-electron chi connectivity index (χ1n) is 7.72. The molecule has 0 unspecified atom stereocenters. The maximum Gasteiger partial charge on any atom is 0.338 e. The van der Waals surface area contributed by atoms with Crippen LogP contribution in [0, 0.1) is 22.1 Å². The lowest BCUT2D eigenvalue weighted by Gasteiger charge is -2.12. The van der Waals surface area contributed by atoms with Gasteiger partial charge in [0, 0.05) is 12.4 Å². The number of benzene rings is 2. The Kier molecular flexibility index (Phi) is 6.89. The lowest BCUT2D eigenvalue weighted by Crippen LogP contribution is -2.13. The van der Waals surface area contributed by atoms with Gasteiger partial charge in [-0.05, 0) is 41.5 Å². The Morgan fingerprint density at radius 1 is 0.962 bits per heavy atom. The molecule has 2 aromatic carbocycles. The van der Waals surface area contributed by atoms with Crippen LogP contribution in [0.2, 0.25) is 0 Å². The van der Waals surface area contributed by atoms with E-state index in [9.17, 15) is 4.79 Å². The summed E-state index contributed by atoms with van der Waals surface area (Å²) in [4.78, 5) is 11.9. The van der Waals surface area contributed by atoms with Gasteiger partial charge in [-0.25, -0.2) is 4.79 Å². The second kappa shape index (κ2) is 9.59. The average Bonchev–Trinajstić information content (AvgIpc) is 2.69. The molecule has 0 aliphatic carbocycles. The first kappa shape index (κ1) is 18.7. The molecule has 7 heteroatoms. The van der Waals surface area contributed by atoms with Crippen LogP contribution in [0.5, 0.6) is 11.5 Å². The Morgan fingerprint density at radius 3 is 2.31 bits per heavy atom.